The summed E-state index contributed by atoms with van der Waals surface area (Å²) in [5, 5.41) is 2.94. The van der Waals surface area contributed by atoms with Crippen LogP contribution in [0.1, 0.15) is 26.5 Å². The van der Waals surface area contributed by atoms with E-state index < -0.39 is 10.0 Å². The number of sulfonamides is 1. The van der Waals surface area contributed by atoms with E-state index in [0.717, 1.165) is 28.2 Å². The molecule has 0 bridgehead atoms. The maximum atomic E-state index is 12.6. The van der Waals surface area contributed by atoms with Gasteiger partial charge in [0, 0.05) is 5.69 Å². The number of thiazole rings is 1. The summed E-state index contributed by atoms with van der Waals surface area (Å²) in [6, 6.07) is 11.8. The Bertz CT molecular complexity index is 1150. The number of carbonyl (C=O) groups excluding carboxylic acids is 1. The number of ether oxygens (including phenoxy) is 1. The van der Waals surface area contributed by atoms with E-state index in [1.807, 2.05) is 13.8 Å². The van der Waals surface area contributed by atoms with E-state index >= 15 is 0 Å². The highest BCUT2D eigenvalue weighted by Crippen LogP contribution is 2.27. The molecule has 9 heteroatoms. The maximum absolute atomic E-state index is 12.6. The Balaban J connectivity index is 1.78. The third-order valence-electron chi connectivity index (χ3n) is 4.21. The number of hydrogen-bond acceptors (Lipinski definition) is 6. The first-order valence-corrected chi connectivity index (χ1v) is 11.0. The average Bonchev–Trinajstić information content (AvgIpc) is 3.02. The lowest BCUT2D eigenvalue weighted by molar-refractivity contribution is 0.103. The molecule has 0 radical (unpaired) electrons. The summed E-state index contributed by atoms with van der Waals surface area (Å²) in [7, 11) is -2.20. The molecule has 1 heterocycles. The number of nitrogens with zero attached hydrogens (tertiary/aromatic N) is 1. The molecule has 152 valence electrons. The third kappa shape index (κ3) is 4.75. The second-order valence-electron chi connectivity index (χ2n) is 6.49. The maximum Gasteiger partial charge on any atom is 0.267 e. The summed E-state index contributed by atoms with van der Waals surface area (Å²) in [4.78, 5) is 17.3. The lowest BCUT2D eigenvalue weighted by Crippen LogP contribution is -2.12. The van der Waals surface area contributed by atoms with Gasteiger partial charge in [-0.15, -0.1) is 0 Å². The van der Waals surface area contributed by atoms with Gasteiger partial charge in [-0.3, -0.25) is 9.52 Å². The molecule has 0 unspecified atom stereocenters. The van der Waals surface area contributed by atoms with Crippen LogP contribution in [-0.4, -0.2) is 26.4 Å². The van der Waals surface area contributed by atoms with Crippen molar-refractivity contribution in [2.45, 2.75) is 25.7 Å². The van der Waals surface area contributed by atoms with Crippen molar-refractivity contribution in [2.24, 2.45) is 0 Å². The molecule has 29 heavy (non-hydrogen) atoms. The van der Waals surface area contributed by atoms with Crippen molar-refractivity contribution in [1.29, 1.82) is 0 Å². The van der Waals surface area contributed by atoms with Gasteiger partial charge in [0.2, 0.25) is 0 Å². The molecular formula is C20H21N3O4S2. The van der Waals surface area contributed by atoms with Crippen LogP contribution in [0.4, 0.5) is 10.8 Å². The number of nitrogens with one attached hydrogen (secondary N) is 2. The van der Waals surface area contributed by atoms with Crippen LogP contribution < -0.4 is 14.8 Å². The molecule has 0 spiro atoms. The molecule has 3 aromatic rings. The summed E-state index contributed by atoms with van der Waals surface area (Å²) in [5.74, 6) is 0.370. The number of hydrogen-bond donors (Lipinski definition) is 2. The molecule has 2 aromatic carbocycles. The number of methoxy groups -OCH3 is 1. The highest BCUT2D eigenvalue weighted by molar-refractivity contribution is 7.93. The number of aromatic nitrogens is 1. The van der Waals surface area contributed by atoms with E-state index in [1.54, 1.807) is 44.4 Å². The van der Waals surface area contributed by atoms with E-state index in [1.165, 1.54) is 12.1 Å². The van der Waals surface area contributed by atoms with Gasteiger partial charge in [-0.05, 0) is 56.7 Å². The first kappa shape index (κ1) is 20.8. The van der Waals surface area contributed by atoms with Gasteiger partial charge in [0.05, 0.1) is 17.7 Å². The number of amides is 1. The zero-order valence-corrected chi connectivity index (χ0v) is 18.1. The minimum absolute atomic E-state index is 0.135. The first-order valence-electron chi connectivity index (χ1n) is 8.72. The van der Waals surface area contributed by atoms with Crippen molar-refractivity contribution in [3.63, 3.8) is 0 Å². The molecule has 0 saturated heterocycles. The van der Waals surface area contributed by atoms with Crippen LogP contribution in [-0.2, 0) is 10.0 Å². The molecule has 1 aromatic heterocycles. The molecule has 1 amide bonds. The van der Waals surface area contributed by atoms with Gasteiger partial charge < -0.3 is 10.1 Å². The summed E-state index contributed by atoms with van der Waals surface area (Å²) in [5.41, 5.74) is 2.90. The van der Waals surface area contributed by atoms with E-state index in [0.29, 0.717) is 16.3 Å². The molecule has 0 aliphatic carbocycles. The lowest BCUT2D eigenvalue weighted by atomic mass is 10.2. The van der Waals surface area contributed by atoms with Crippen molar-refractivity contribution in [3.8, 4) is 5.75 Å². The van der Waals surface area contributed by atoms with E-state index in [4.69, 9.17) is 4.74 Å². The van der Waals surface area contributed by atoms with Gasteiger partial charge in [0.25, 0.3) is 15.9 Å². The van der Waals surface area contributed by atoms with Crippen molar-refractivity contribution in [3.05, 3.63) is 64.2 Å². The van der Waals surface area contributed by atoms with Crippen LogP contribution in [0.2, 0.25) is 0 Å². The molecule has 0 aliphatic heterocycles. The van der Waals surface area contributed by atoms with Crippen molar-refractivity contribution < 1.29 is 17.9 Å². The van der Waals surface area contributed by atoms with E-state index in [2.05, 4.69) is 15.0 Å². The van der Waals surface area contributed by atoms with Gasteiger partial charge in [0.15, 0.2) is 5.13 Å². The Morgan fingerprint density at radius 3 is 2.38 bits per heavy atom. The summed E-state index contributed by atoms with van der Waals surface area (Å²) in [6.07, 6.45) is 0. The van der Waals surface area contributed by atoms with Gasteiger partial charge in [-0.1, -0.05) is 29.0 Å². The second-order valence-corrected chi connectivity index (χ2v) is 9.17. The third-order valence-corrected chi connectivity index (χ3v) is 6.76. The molecule has 0 saturated carbocycles. The van der Waals surface area contributed by atoms with Gasteiger partial charge in [-0.25, -0.2) is 13.4 Å². The van der Waals surface area contributed by atoms with Crippen LogP contribution in [0.25, 0.3) is 0 Å². The molecule has 0 aliphatic rings. The highest BCUT2D eigenvalue weighted by Gasteiger charge is 2.20. The van der Waals surface area contributed by atoms with E-state index in [9.17, 15) is 13.2 Å². The smallest absolute Gasteiger partial charge is 0.267 e. The Morgan fingerprint density at radius 1 is 1.07 bits per heavy atom. The van der Waals surface area contributed by atoms with E-state index in [-0.39, 0.29) is 15.9 Å². The Hall–Kier alpha value is -2.91. The minimum atomic E-state index is -3.78. The minimum Gasteiger partial charge on any atom is -0.496 e. The fraction of sp³-hybridized carbons (Fsp3) is 0.200. The summed E-state index contributed by atoms with van der Waals surface area (Å²) < 4.78 is 32.7. The number of benzene rings is 2. The van der Waals surface area contributed by atoms with Crippen LogP contribution >= 0.6 is 11.3 Å². The molecule has 2 N–H and O–H groups in total. The van der Waals surface area contributed by atoms with Crippen molar-refractivity contribution >= 4 is 38.1 Å². The molecule has 0 atom stereocenters. The Morgan fingerprint density at radius 2 is 1.76 bits per heavy atom. The monoisotopic (exact) mass is 431 g/mol. The fourth-order valence-electron chi connectivity index (χ4n) is 2.69. The van der Waals surface area contributed by atoms with Gasteiger partial charge >= 0.3 is 0 Å². The Kier molecular flexibility index (Phi) is 5.90. The summed E-state index contributed by atoms with van der Waals surface area (Å²) >= 11 is 0.985. The topological polar surface area (TPSA) is 97.4 Å². The number of carbonyl (C=O) groups is 1. The zero-order chi connectivity index (χ0) is 21.2. The predicted molar refractivity (Wildman–Crippen MR) is 115 cm³/mol. The summed E-state index contributed by atoms with van der Waals surface area (Å²) in [6.45, 7) is 5.42. The number of aryl methyl sites for hydroxylation is 3. The van der Waals surface area contributed by atoms with Crippen LogP contribution in [0.5, 0.6) is 5.75 Å². The quantitative estimate of drug-likeness (QED) is 0.612. The van der Waals surface area contributed by atoms with Gasteiger partial charge in [0.1, 0.15) is 10.6 Å². The highest BCUT2D eigenvalue weighted by atomic mass is 32.2. The molecule has 3 rings (SSSR count). The normalized spacial score (nSPS) is 11.2. The second kappa shape index (κ2) is 8.22. The zero-order valence-electron chi connectivity index (χ0n) is 16.4. The van der Waals surface area contributed by atoms with Crippen LogP contribution in [0.15, 0.2) is 47.4 Å². The molecule has 0 fully saturated rings. The number of anilines is 2. The SMILES string of the molecule is COc1ccc(NC(=O)c2sc(NS(=O)(=O)c3ccc(C)cc3)nc2C)cc1C. The predicted octanol–water partition coefficient (Wildman–Crippen LogP) is 4.13. The average molecular weight is 432 g/mol. The molecule has 7 nitrogen and oxygen atoms in total. The van der Waals surface area contributed by atoms with Crippen molar-refractivity contribution in [1.82, 2.24) is 4.98 Å². The lowest BCUT2D eigenvalue weighted by Gasteiger charge is -2.08. The fourth-order valence-corrected chi connectivity index (χ4v) is 4.78. The van der Waals surface area contributed by atoms with Crippen LogP contribution in [0, 0.1) is 20.8 Å². The molecular weight excluding hydrogens is 410 g/mol. The first-order chi connectivity index (χ1) is 13.7. The number of rotatable bonds is 6. The van der Waals surface area contributed by atoms with Gasteiger partial charge in [-0.2, -0.15) is 0 Å². The largest absolute Gasteiger partial charge is 0.496 e. The van der Waals surface area contributed by atoms with Crippen LogP contribution in [0.3, 0.4) is 0 Å². The van der Waals surface area contributed by atoms with Crippen molar-refractivity contribution in [2.75, 3.05) is 17.1 Å². The Labute approximate surface area is 173 Å². The standard InChI is InChI=1S/C20H21N3O4S2/c1-12-5-8-16(9-6-12)29(25,26)23-20-21-14(3)18(28-20)19(24)22-15-7-10-17(27-4)13(2)11-15/h5-11H,1-4H3,(H,21,23)(H,22,24).